The van der Waals surface area contributed by atoms with E-state index in [0.717, 1.165) is 24.3 Å². The van der Waals surface area contributed by atoms with Gasteiger partial charge in [-0.05, 0) is 37.1 Å². The van der Waals surface area contributed by atoms with Gasteiger partial charge in [-0.15, -0.1) is 0 Å². The van der Waals surface area contributed by atoms with Crippen LogP contribution in [0.1, 0.15) is 17.5 Å². The van der Waals surface area contributed by atoms with Crippen molar-refractivity contribution in [2.75, 3.05) is 20.2 Å². The van der Waals surface area contributed by atoms with Gasteiger partial charge in [-0.3, -0.25) is 4.79 Å². The standard InChI is InChI=1S/C14H22N2O3/c1-10-7-11(3-4-13(10)19-2)5-6-16-9-12(15)8-14(17)18/h3-4,7,12,16H,5-6,8-9,15H2,1-2H3,(H,17,18). The fraction of sp³-hybridized carbons (Fsp3) is 0.500. The van der Waals surface area contributed by atoms with Gasteiger partial charge in [-0.1, -0.05) is 12.1 Å². The summed E-state index contributed by atoms with van der Waals surface area (Å²) in [5.74, 6) is 0.0280. The number of nitrogens with two attached hydrogens (primary N) is 1. The lowest BCUT2D eigenvalue weighted by Crippen LogP contribution is -2.36. The molecular formula is C14H22N2O3. The Morgan fingerprint density at radius 3 is 2.84 bits per heavy atom. The number of aryl methyl sites for hydroxylation is 1. The Morgan fingerprint density at radius 2 is 2.26 bits per heavy atom. The van der Waals surface area contributed by atoms with Crippen LogP contribution in [0, 0.1) is 6.92 Å². The number of aliphatic carboxylic acids is 1. The number of carboxylic acid groups (broad SMARTS) is 1. The zero-order chi connectivity index (χ0) is 14.3. The number of rotatable bonds is 8. The van der Waals surface area contributed by atoms with E-state index in [4.69, 9.17) is 15.6 Å². The maximum Gasteiger partial charge on any atom is 0.304 e. The summed E-state index contributed by atoms with van der Waals surface area (Å²) in [5.41, 5.74) is 7.99. The summed E-state index contributed by atoms with van der Waals surface area (Å²) in [6, 6.07) is 5.75. The number of benzene rings is 1. The van der Waals surface area contributed by atoms with Gasteiger partial charge in [0.05, 0.1) is 13.5 Å². The zero-order valence-electron chi connectivity index (χ0n) is 11.5. The maximum atomic E-state index is 10.4. The van der Waals surface area contributed by atoms with Crippen LogP contribution in [0.3, 0.4) is 0 Å². The minimum atomic E-state index is -0.861. The van der Waals surface area contributed by atoms with Crippen molar-refractivity contribution in [1.82, 2.24) is 5.32 Å². The molecule has 0 fully saturated rings. The van der Waals surface area contributed by atoms with E-state index in [2.05, 4.69) is 11.4 Å². The molecule has 0 aliphatic heterocycles. The van der Waals surface area contributed by atoms with Crippen LogP contribution in [0.25, 0.3) is 0 Å². The monoisotopic (exact) mass is 266 g/mol. The van der Waals surface area contributed by atoms with Crippen LogP contribution in [0.15, 0.2) is 18.2 Å². The molecule has 1 aromatic rings. The van der Waals surface area contributed by atoms with Crippen LogP contribution in [0.2, 0.25) is 0 Å². The minimum absolute atomic E-state index is 0.00531. The number of carboxylic acids is 1. The molecule has 0 saturated heterocycles. The van der Waals surface area contributed by atoms with E-state index >= 15 is 0 Å². The topological polar surface area (TPSA) is 84.6 Å². The summed E-state index contributed by atoms with van der Waals surface area (Å²) in [6.07, 6.45) is 0.874. The predicted octanol–water partition coefficient (Wildman–Crippen LogP) is 0.938. The molecule has 0 aromatic heterocycles. The van der Waals surface area contributed by atoms with Gasteiger partial charge in [0.25, 0.3) is 0 Å². The molecule has 0 saturated carbocycles. The molecule has 1 rings (SSSR count). The number of carbonyl (C=O) groups is 1. The second-order valence-corrected chi connectivity index (χ2v) is 4.62. The first-order chi connectivity index (χ1) is 9.02. The third-order valence-electron chi connectivity index (χ3n) is 2.89. The van der Waals surface area contributed by atoms with Crippen LogP contribution in [-0.4, -0.2) is 37.3 Å². The summed E-state index contributed by atoms with van der Waals surface area (Å²) in [6.45, 7) is 3.30. The summed E-state index contributed by atoms with van der Waals surface area (Å²) < 4.78 is 5.21. The van der Waals surface area contributed by atoms with E-state index in [1.807, 2.05) is 19.1 Å². The van der Waals surface area contributed by atoms with Crippen LogP contribution < -0.4 is 15.8 Å². The molecule has 0 radical (unpaired) electrons. The van der Waals surface area contributed by atoms with Gasteiger partial charge in [0, 0.05) is 12.6 Å². The molecule has 0 amide bonds. The average Bonchev–Trinajstić information content (AvgIpc) is 2.34. The molecule has 0 spiro atoms. The van der Waals surface area contributed by atoms with Crippen molar-refractivity contribution in [2.24, 2.45) is 5.73 Å². The average molecular weight is 266 g/mol. The molecule has 1 unspecified atom stereocenters. The highest BCUT2D eigenvalue weighted by Crippen LogP contribution is 2.18. The molecule has 0 aliphatic rings. The molecule has 1 atom stereocenters. The van der Waals surface area contributed by atoms with E-state index in [1.54, 1.807) is 7.11 Å². The molecule has 0 heterocycles. The lowest BCUT2D eigenvalue weighted by atomic mass is 10.1. The molecule has 19 heavy (non-hydrogen) atoms. The molecule has 4 N–H and O–H groups in total. The van der Waals surface area contributed by atoms with Crippen LogP contribution in [0.4, 0.5) is 0 Å². The summed E-state index contributed by atoms with van der Waals surface area (Å²) in [7, 11) is 1.66. The fourth-order valence-corrected chi connectivity index (χ4v) is 1.91. The predicted molar refractivity (Wildman–Crippen MR) is 74.5 cm³/mol. The van der Waals surface area contributed by atoms with Crippen molar-refractivity contribution in [1.29, 1.82) is 0 Å². The van der Waals surface area contributed by atoms with Gasteiger partial charge in [-0.25, -0.2) is 0 Å². The second kappa shape index (κ2) is 7.76. The Labute approximate surface area is 113 Å². The fourth-order valence-electron chi connectivity index (χ4n) is 1.91. The third kappa shape index (κ3) is 5.72. The highest BCUT2D eigenvalue weighted by Gasteiger charge is 2.07. The van der Waals surface area contributed by atoms with Crippen molar-refractivity contribution < 1.29 is 14.6 Å². The molecule has 0 aliphatic carbocycles. The zero-order valence-corrected chi connectivity index (χ0v) is 11.5. The number of ether oxygens (including phenoxy) is 1. The molecule has 106 valence electrons. The van der Waals surface area contributed by atoms with E-state index < -0.39 is 5.97 Å². The first-order valence-corrected chi connectivity index (χ1v) is 6.34. The largest absolute Gasteiger partial charge is 0.496 e. The van der Waals surface area contributed by atoms with Crippen LogP contribution in [-0.2, 0) is 11.2 Å². The molecule has 5 heteroatoms. The highest BCUT2D eigenvalue weighted by atomic mass is 16.5. The Morgan fingerprint density at radius 1 is 1.53 bits per heavy atom. The van der Waals surface area contributed by atoms with Crippen molar-refractivity contribution >= 4 is 5.97 Å². The Bertz CT molecular complexity index is 421. The SMILES string of the molecule is COc1ccc(CCNCC(N)CC(=O)O)cc1C. The first kappa shape index (κ1) is 15.5. The van der Waals surface area contributed by atoms with Gasteiger partial charge in [-0.2, -0.15) is 0 Å². The van der Waals surface area contributed by atoms with Crippen molar-refractivity contribution in [3.63, 3.8) is 0 Å². The lowest BCUT2D eigenvalue weighted by molar-refractivity contribution is -0.137. The summed E-state index contributed by atoms with van der Waals surface area (Å²) in [5, 5.41) is 11.7. The van der Waals surface area contributed by atoms with E-state index in [-0.39, 0.29) is 12.5 Å². The molecule has 1 aromatic carbocycles. The smallest absolute Gasteiger partial charge is 0.304 e. The van der Waals surface area contributed by atoms with Gasteiger partial charge >= 0.3 is 5.97 Å². The summed E-state index contributed by atoms with van der Waals surface area (Å²) in [4.78, 5) is 10.4. The minimum Gasteiger partial charge on any atom is -0.496 e. The van der Waals surface area contributed by atoms with E-state index in [1.165, 1.54) is 5.56 Å². The lowest BCUT2D eigenvalue weighted by Gasteiger charge is -2.11. The summed E-state index contributed by atoms with van der Waals surface area (Å²) >= 11 is 0. The Kier molecular flexibility index (Phi) is 6.32. The van der Waals surface area contributed by atoms with Gasteiger partial charge < -0.3 is 20.9 Å². The number of hydrogen-bond acceptors (Lipinski definition) is 4. The van der Waals surface area contributed by atoms with Gasteiger partial charge in [0.1, 0.15) is 5.75 Å². The quantitative estimate of drug-likeness (QED) is 0.610. The molecule has 5 nitrogen and oxygen atoms in total. The molecule has 0 bridgehead atoms. The van der Waals surface area contributed by atoms with Crippen molar-refractivity contribution in [2.45, 2.75) is 25.8 Å². The van der Waals surface area contributed by atoms with Crippen molar-refractivity contribution in [3.05, 3.63) is 29.3 Å². The van der Waals surface area contributed by atoms with Crippen molar-refractivity contribution in [3.8, 4) is 5.75 Å². The normalized spacial score (nSPS) is 12.2. The van der Waals surface area contributed by atoms with Crippen LogP contribution in [0.5, 0.6) is 5.75 Å². The Balaban J connectivity index is 2.29. The molecular weight excluding hydrogens is 244 g/mol. The third-order valence-corrected chi connectivity index (χ3v) is 2.89. The number of methoxy groups -OCH3 is 1. The van der Waals surface area contributed by atoms with Gasteiger partial charge in [0.15, 0.2) is 0 Å². The first-order valence-electron chi connectivity index (χ1n) is 6.34. The van der Waals surface area contributed by atoms with Crippen LogP contribution >= 0.6 is 0 Å². The van der Waals surface area contributed by atoms with Gasteiger partial charge in [0.2, 0.25) is 0 Å². The van der Waals surface area contributed by atoms with E-state index in [9.17, 15) is 4.79 Å². The maximum absolute atomic E-state index is 10.4. The van der Waals surface area contributed by atoms with E-state index in [0.29, 0.717) is 6.54 Å². The number of hydrogen-bond donors (Lipinski definition) is 3. The number of nitrogens with one attached hydrogen (secondary N) is 1. The Hall–Kier alpha value is -1.59. The second-order valence-electron chi connectivity index (χ2n) is 4.62. The highest BCUT2D eigenvalue weighted by molar-refractivity contribution is 5.67.